The lowest BCUT2D eigenvalue weighted by Gasteiger charge is -2.27. The number of methoxy groups -OCH3 is 2. The van der Waals surface area contributed by atoms with Crippen LogP contribution >= 0.6 is 0 Å². The number of hydrogen-bond donors (Lipinski definition) is 2. The van der Waals surface area contributed by atoms with E-state index in [1.54, 1.807) is 108 Å². The lowest BCUT2D eigenvalue weighted by atomic mass is 9.83. The standard InChI is InChI=1S/C10H9F3.C10H9N.C9H7F.C9H9F.C9H15N.C9H10.C9H8.C7H12.C5H8O2.C5H6O2.C5H8O.C4H5N.C4H3N.C4H6O.C4H6.C3H4/c1-2-3-8-4-6-9(7-5-8)10(11,12)13;1-2-3-9-4-6-10(8-11)7-5-9;1-2-5-8-6-3-4-7-9(8)10;1-2-3-8-4-6-9(10)7-5-8;1-2-6-9(10)7-4-3-5-8-9;2*1-2-6-9-7-4-3-5-8-9;1-3-5-7-6-4-2;2*1-3-4-5(6)7-2;1-3-4-5(2)6;3*1-2-3-4-5;1-3-4-2;1-3-2/h2-7H,1H3;2-7H,1H3;3-4,6-7H,1H3;2-7H,1H3;3-5,7-8,10H2,1H3;2-8H,1H3;3-5,7-8H,1H3;3,5,7H2,1-2H3;3-4H,1-2H3;1-2H3;3-4H,1-2H3;2-3H,1H3;1H3;5H,4H2,1H3;1-2H3;1H,2H3/b2*3-2+;;3-2+;;6-2+;;;4-3+;;4-3+;3-2+;;;;. The Labute approximate surface area is 725 Å². The Kier molecular flexibility index (Phi) is 104. The van der Waals surface area contributed by atoms with Gasteiger partial charge in [-0.1, -0.05) is 232 Å². The van der Waals surface area contributed by atoms with E-state index in [2.05, 4.69) is 148 Å². The Hall–Kier alpha value is -13.8. The molecule has 1 aliphatic rings. The molecule has 0 aromatic heterocycles. The minimum Gasteiger partial charge on any atom is -0.466 e. The zero-order valence-corrected chi connectivity index (χ0v) is 74.8. The fourth-order valence-corrected chi connectivity index (χ4v) is 7.47. The van der Waals surface area contributed by atoms with Gasteiger partial charge in [0.15, 0.2) is 11.9 Å². The molecule has 0 amide bonds. The number of hydrogen-bond acceptors (Lipinski definition) is 10. The first-order chi connectivity index (χ1) is 58.1. The van der Waals surface area contributed by atoms with Crippen molar-refractivity contribution in [3.8, 4) is 125 Å². The number of terminal acetylenes is 1. The molecular formula is C106H125F5N4O6. The summed E-state index contributed by atoms with van der Waals surface area (Å²) in [5.74, 6) is 43.5. The number of aliphatic hydroxyl groups is 1. The fraction of sp³-hybridized carbons (Fsp3) is 0.302. The summed E-state index contributed by atoms with van der Waals surface area (Å²) in [6.07, 6.45) is 34.8. The van der Waals surface area contributed by atoms with Crippen molar-refractivity contribution in [1.82, 2.24) is 0 Å². The SMILES string of the molecule is C#CC.C/C=C/C#N.C/C=C/C(=O)OC.C/C=C/C(C)=O.C/C=C/c1ccc(C#N)cc1.C/C=C/c1ccc(C(F)(F)F)cc1.C/C=C/c1ccc(F)cc1.C/C=C/c1ccccc1.CC#CC.CC#CC#N.CC#CC(=O)OC.CC#CC1(N)CCCCC1.CC#CCCCC.CC#CCO.CC#Cc1ccccc1.CC#Cc1ccccc1F. The third kappa shape index (κ3) is 100. The van der Waals surface area contributed by atoms with Crippen LogP contribution in [0.2, 0.25) is 0 Å². The molecule has 0 spiro atoms. The molecule has 6 aromatic rings. The Morgan fingerprint density at radius 2 is 0.967 bits per heavy atom. The highest BCUT2D eigenvalue weighted by atomic mass is 19.4. The lowest BCUT2D eigenvalue weighted by molar-refractivity contribution is -0.137. The molecule has 0 aliphatic heterocycles. The van der Waals surface area contributed by atoms with Crippen molar-refractivity contribution >= 4 is 42.0 Å². The van der Waals surface area contributed by atoms with E-state index in [1.807, 2.05) is 185 Å². The molecule has 3 N–H and O–H groups in total. The zero-order valence-electron chi connectivity index (χ0n) is 74.8. The van der Waals surface area contributed by atoms with E-state index >= 15 is 0 Å². The van der Waals surface area contributed by atoms with Crippen LogP contribution in [0.25, 0.3) is 24.3 Å². The largest absolute Gasteiger partial charge is 0.466 e. The number of ether oxygens (including phenoxy) is 2. The van der Waals surface area contributed by atoms with Gasteiger partial charge in [0.1, 0.15) is 18.2 Å². The topological polar surface area (TPSA) is 187 Å². The van der Waals surface area contributed by atoms with Crippen LogP contribution < -0.4 is 5.73 Å². The average molecular weight is 1650 g/mol. The third-order valence-electron chi connectivity index (χ3n) is 12.8. The van der Waals surface area contributed by atoms with E-state index in [0.29, 0.717) is 11.1 Å². The first kappa shape index (κ1) is 125. The van der Waals surface area contributed by atoms with Gasteiger partial charge < -0.3 is 20.3 Å². The van der Waals surface area contributed by atoms with Crippen molar-refractivity contribution in [2.75, 3.05) is 20.8 Å². The zero-order chi connectivity index (χ0) is 93.7. The average Bonchev–Trinajstić information content (AvgIpc) is 0.877. The molecule has 7 rings (SSSR count). The third-order valence-corrected chi connectivity index (χ3v) is 12.8. The van der Waals surface area contributed by atoms with E-state index in [1.165, 1.54) is 107 Å². The molecular weight excluding hydrogens is 1520 g/mol. The number of esters is 2. The number of allylic oxidation sites excluding steroid dienone is 9. The number of carbonyl (C=O) groups excluding carboxylic acids is 3. The second-order valence-electron chi connectivity index (χ2n) is 22.5. The van der Waals surface area contributed by atoms with Gasteiger partial charge in [-0.05, 0) is 233 Å². The summed E-state index contributed by atoms with van der Waals surface area (Å²) in [5, 5.41) is 31.8. The van der Waals surface area contributed by atoms with Gasteiger partial charge in [-0.15, -0.1) is 59.7 Å². The van der Waals surface area contributed by atoms with E-state index in [9.17, 15) is 36.3 Å². The highest BCUT2D eigenvalue weighted by molar-refractivity contribution is 5.88. The summed E-state index contributed by atoms with van der Waals surface area (Å²) in [4.78, 5) is 30.1. The summed E-state index contributed by atoms with van der Waals surface area (Å²) >= 11 is 0. The summed E-state index contributed by atoms with van der Waals surface area (Å²) < 4.78 is 69.7. The maximum atomic E-state index is 12.7. The van der Waals surface area contributed by atoms with Gasteiger partial charge in [0, 0.05) is 36.0 Å². The molecule has 0 heterocycles. The molecule has 0 bridgehead atoms. The van der Waals surface area contributed by atoms with Gasteiger partial charge in [-0.3, -0.25) is 4.79 Å². The second-order valence-corrected chi connectivity index (χ2v) is 22.5. The predicted molar refractivity (Wildman–Crippen MR) is 500 cm³/mol. The maximum Gasteiger partial charge on any atom is 0.416 e. The van der Waals surface area contributed by atoms with Crippen LogP contribution in [0.4, 0.5) is 22.0 Å². The van der Waals surface area contributed by atoms with Crippen LogP contribution in [0.5, 0.6) is 0 Å². The van der Waals surface area contributed by atoms with Crippen LogP contribution in [0, 0.1) is 153 Å². The van der Waals surface area contributed by atoms with Crippen molar-refractivity contribution < 1.29 is 50.9 Å². The van der Waals surface area contributed by atoms with Crippen molar-refractivity contribution in [2.45, 2.75) is 195 Å². The summed E-state index contributed by atoms with van der Waals surface area (Å²) in [5.41, 5.74) is 11.7. The van der Waals surface area contributed by atoms with Gasteiger partial charge in [0.05, 0.1) is 48.6 Å². The molecule has 15 heteroatoms. The molecule has 0 saturated heterocycles. The number of carbonyl (C=O) groups is 3. The molecule has 1 aliphatic carbocycles. The molecule has 0 atom stereocenters. The lowest BCUT2D eigenvalue weighted by Crippen LogP contribution is -2.39. The number of nitrogens with two attached hydrogens (primary N) is 1. The predicted octanol–water partition coefficient (Wildman–Crippen LogP) is 25.4. The van der Waals surface area contributed by atoms with Gasteiger partial charge in [-0.25, -0.2) is 18.4 Å². The summed E-state index contributed by atoms with van der Waals surface area (Å²) in [7, 11) is 2.65. The van der Waals surface area contributed by atoms with E-state index in [4.69, 9.17) is 26.6 Å². The normalized spacial score (nSPS) is 9.65. The molecule has 6 aromatic carbocycles. The van der Waals surface area contributed by atoms with Gasteiger partial charge >= 0.3 is 18.1 Å². The van der Waals surface area contributed by atoms with Crippen molar-refractivity contribution in [1.29, 1.82) is 15.8 Å². The first-order valence-electron chi connectivity index (χ1n) is 38.2. The number of alkyl halides is 3. The maximum absolute atomic E-state index is 12.7. The number of halogens is 5. The Balaban J connectivity index is -0.000000160. The highest BCUT2D eigenvalue weighted by Crippen LogP contribution is 2.29. The van der Waals surface area contributed by atoms with Crippen molar-refractivity contribution in [3.63, 3.8) is 0 Å². The number of unbranched alkanes of at least 4 members (excludes halogenated alkanes) is 2. The molecule has 0 unspecified atom stereocenters. The molecule has 0 radical (unpaired) electrons. The van der Waals surface area contributed by atoms with Gasteiger partial charge in [-0.2, -0.15) is 29.0 Å². The van der Waals surface area contributed by atoms with Crippen LogP contribution in [0.15, 0.2) is 218 Å². The van der Waals surface area contributed by atoms with Crippen LogP contribution in [-0.2, 0) is 30.0 Å². The summed E-state index contributed by atoms with van der Waals surface area (Å²) in [6.45, 7) is 34.3. The van der Waals surface area contributed by atoms with E-state index in [-0.39, 0.29) is 35.5 Å². The van der Waals surface area contributed by atoms with E-state index < -0.39 is 17.7 Å². The number of rotatable bonds is 8. The minimum absolute atomic E-state index is 0.0174. The molecule has 10 nitrogen and oxygen atoms in total. The first-order valence-corrected chi connectivity index (χ1v) is 38.2. The van der Waals surface area contributed by atoms with Crippen LogP contribution in [0.3, 0.4) is 0 Å². The van der Waals surface area contributed by atoms with Crippen LogP contribution in [-0.4, -0.2) is 49.2 Å². The molecule has 1 fully saturated rings. The highest BCUT2D eigenvalue weighted by Gasteiger charge is 2.29. The monoisotopic (exact) mass is 1640 g/mol. The number of aliphatic hydroxyl groups excluding tert-OH is 1. The summed E-state index contributed by atoms with van der Waals surface area (Å²) in [6, 6.07) is 51.2. The van der Waals surface area contributed by atoms with Crippen LogP contribution in [0.1, 0.15) is 227 Å². The molecule has 640 valence electrons. The number of ketones is 1. The van der Waals surface area contributed by atoms with Gasteiger partial charge in [0.25, 0.3) is 0 Å². The number of nitrogens with zero attached hydrogens (tertiary/aromatic N) is 3. The Morgan fingerprint density at radius 3 is 1.26 bits per heavy atom. The number of benzene rings is 6. The van der Waals surface area contributed by atoms with Gasteiger partial charge in [0.2, 0.25) is 0 Å². The number of nitriles is 3. The van der Waals surface area contributed by atoms with E-state index in [0.717, 1.165) is 53.6 Å². The van der Waals surface area contributed by atoms with Crippen molar-refractivity contribution in [3.05, 3.63) is 275 Å². The second kappa shape index (κ2) is 100. The Morgan fingerprint density at radius 1 is 0.521 bits per heavy atom. The van der Waals surface area contributed by atoms with Crippen molar-refractivity contribution in [2.24, 2.45) is 5.73 Å². The smallest absolute Gasteiger partial charge is 0.416 e. The molecule has 1 saturated carbocycles. The fourth-order valence-electron chi connectivity index (χ4n) is 7.47. The minimum atomic E-state index is -4.24. The molecule has 121 heavy (non-hydrogen) atoms. The Bertz CT molecular complexity index is 4570. The quantitative estimate of drug-likeness (QED) is 0.0282.